The molecule has 0 atom stereocenters. The number of aldehydes is 1. The van der Waals surface area contributed by atoms with E-state index in [-0.39, 0.29) is 11.8 Å². The monoisotopic (exact) mass is 223 g/mol. The van der Waals surface area contributed by atoms with Crippen molar-refractivity contribution in [3.8, 4) is 0 Å². The average molecular weight is 223 g/mol. The Morgan fingerprint density at radius 3 is 2.20 bits per heavy atom. The fraction of sp³-hybridized carbons (Fsp3) is 0.222. The van der Waals surface area contributed by atoms with E-state index >= 15 is 0 Å². The summed E-state index contributed by atoms with van der Waals surface area (Å²) in [4.78, 5) is 10.1. The minimum Gasteiger partial charge on any atom is -0.333 e. The Morgan fingerprint density at radius 1 is 1.27 bits per heavy atom. The number of benzene rings is 1. The Hall–Kier alpha value is -1.43. The SMILES string of the molecule is CN.O=Cc1ccc(F)c(C(F)(F)F)c1. The maximum atomic E-state index is 12.6. The van der Waals surface area contributed by atoms with Crippen LogP contribution in [0, 0.1) is 5.82 Å². The third kappa shape index (κ3) is 3.67. The van der Waals surface area contributed by atoms with Gasteiger partial charge in [0.25, 0.3) is 0 Å². The van der Waals surface area contributed by atoms with E-state index in [1.165, 1.54) is 7.05 Å². The Morgan fingerprint density at radius 2 is 1.80 bits per heavy atom. The third-order valence-electron chi connectivity index (χ3n) is 1.43. The number of carbonyl (C=O) groups is 1. The fourth-order valence-electron chi connectivity index (χ4n) is 0.833. The normalized spacial score (nSPS) is 10.3. The maximum absolute atomic E-state index is 12.6. The van der Waals surface area contributed by atoms with Crippen LogP contribution in [0.1, 0.15) is 15.9 Å². The van der Waals surface area contributed by atoms with Crippen LogP contribution in [0.15, 0.2) is 18.2 Å². The minimum atomic E-state index is -4.76. The Kier molecular flexibility index (Phi) is 4.93. The molecule has 0 unspecified atom stereocenters. The van der Waals surface area contributed by atoms with Crippen LogP contribution in [0.2, 0.25) is 0 Å². The predicted octanol–water partition coefficient (Wildman–Crippen LogP) is 2.23. The lowest BCUT2D eigenvalue weighted by Gasteiger charge is -2.07. The molecule has 2 N–H and O–H groups in total. The molecule has 0 aliphatic heterocycles. The van der Waals surface area contributed by atoms with Crippen LogP contribution in [0.3, 0.4) is 0 Å². The van der Waals surface area contributed by atoms with Crippen molar-refractivity contribution < 1.29 is 22.4 Å². The minimum absolute atomic E-state index is 0.200. The van der Waals surface area contributed by atoms with Crippen LogP contribution in [-0.4, -0.2) is 13.3 Å². The molecule has 1 aromatic carbocycles. The molecule has 0 aliphatic rings. The zero-order valence-electron chi connectivity index (χ0n) is 7.81. The van der Waals surface area contributed by atoms with Crippen molar-refractivity contribution in [3.63, 3.8) is 0 Å². The molecular formula is C9H9F4NO. The summed E-state index contributed by atoms with van der Waals surface area (Å²) < 4.78 is 48.6. The number of hydrogen-bond acceptors (Lipinski definition) is 2. The lowest BCUT2D eigenvalue weighted by molar-refractivity contribution is -0.140. The molecule has 0 saturated carbocycles. The molecule has 0 aliphatic carbocycles. The largest absolute Gasteiger partial charge is 0.419 e. The summed E-state index contributed by atoms with van der Waals surface area (Å²) in [6.07, 6.45) is -4.53. The smallest absolute Gasteiger partial charge is 0.333 e. The van der Waals surface area contributed by atoms with Gasteiger partial charge in [0.15, 0.2) is 0 Å². The number of hydrogen-bond donors (Lipinski definition) is 1. The fourth-order valence-corrected chi connectivity index (χ4v) is 0.833. The molecule has 2 nitrogen and oxygen atoms in total. The Labute approximate surface area is 83.7 Å². The van der Waals surface area contributed by atoms with Gasteiger partial charge in [-0.25, -0.2) is 4.39 Å². The summed E-state index contributed by atoms with van der Waals surface area (Å²) in [6, 6.07) is 2.08. The third-order valence-corrected chi connectivity index (χ3v) is 1.43. The molecule has 0 amide bonds. The number of halogens is 4. The van der Waals surface area contributed by atoms with E-state index in [1.54, 1.807) is 0 Å². The van der Waals surface area contributed by atoms with Gasteiger partial charge in [0.1, 0.15) is 12.1 Å². The van der Waals surface area contributed by atoms with Crippen LogP contribution in [0.5, 0.6) is 0 Å². The first-order valence-electron chi connectivity index (χ1n) is 3.85. The quantitative estimate of drug-likeness (QED) is 0.586. The lowest BCUT2D eigenvalue weighted by Crippen LogP contribution is -2.08. The van der Waals surface area contributed by atoms with E-state index in [9.17, 15) is 22.4 Å². The van der Waals surface area contributed by atoms with Gasteiger partial charge in [-0.05, 0) is 25.2 Å². The highest BCUT2D eigenvalue weighted by Crippen LogP contribution is 2.31. The molecule has 0 fully saturated rings. The maximum Gasteiger partial charge on any atom is 0.419 e. The number of nitrogens with two attached hydrogens (primary N) is 1. The molecule has 0 spiro atoms. The van der Waals surface area contributed by atoms with E-state index in [2.05, 4.69) is 5.73 Å². The van der Waals surface area contributed by atoms with Crippen molar-refractivity contribution in [2.75, 3.05) is 7.05 Å². The van der Waals surface area contributed by atoms with E-state index in [0.717, 1.165) is 6.07 Å². The first kappa shape index (κ1) is 13.6. The van der Waals surface area contributed by atoms with Crippen molar-refractivity contribution in [1.82, 2.24) is 0 Å². The zero-order chi connectivity index (χ0) is 12.1. The molecule has 0 bridgehead atoms. The van der Waals surface area contributed by atoms with Gasteiger partial charge in [0, 0.05) is 5.56 Å². The molecule has 0 heterocycles. The highest BCUT2D eigenvalue weighted by atomic mass is 19.4. The molecule has 0 saturated heterocycles. The molecule has 15 heavy (non-hydrogen) atoms. The highest BCUT2D eigenvalue weighted by molar-refractivity contribution is 5.75. The topological polar surface area (TPSA) is 43.1 Å². The summed E-state index contributed by atoms with van der Waals surface area (Å²) >= 11 is 0. The number of alkyl halides is 3. The van der Waals surface area contributed by atoms with Gasteiger partial charge in [0.05, 0.1) is 5.56 Å². The van der Waals surface area contributed by atoms with Crippen LogP contribution in [-0.2, 0) is 6.18 Å². The van der Waals surface area contributed by atoms with Gasteiger partial charge in [0.2, 0.25) is 0 Å². The van der Waals surface area contributed by atoms with Gasteiger partial charge in [-0.1, -0.05) is 0 Å². The first-order chi connectivity index (χ1) is 6.95. The second-order valence-corrected chi connectivity index (χ2v) is 2.35. The molecule has 1 rings (SSSR count). The van der Waals surface area contributed by atoms with Gasteiger partial charge in [-0.15, -0.1) is 0 Å². The molecule has 6 heteroatoms. The van der Waals surface area contributed by atoms with Crippen molar-refractivity contribution in [3.05, 3.63) is 35.1 Å². The van der Waals surface area contributed by atoms with Crippen molar-refractivity contribution in [1.29, 1.82) is 0 Å². The summed E-state index contributed by atoms with van der Waals surface area (Å²) in [5.41, 5.74) is 2.88. The second-order valence-electron chi connectivity index (χ2n) is 2.35. The standard InChI is InChI=1S/C8H4F4O.CH5N/c9-7-2-1-5(4-13)3-6(7)8(10,11)12;1-2/h1-4H;2H2,1H3. The predicted molar refractivity (Wildman–Crippen MR) is 46.9 cm³/mol. The Balaban J connectivity index is 0.000000921. The zero-order valence-corrected chi connectivity index (χ0v) is 7.81. The summed E-state index contributed by atoms with van der Waals surface area (Å²) in [5.74, 6) is -1.38. The average Bonchev–Trinajstić information content (AvgIpc) is 2.20. The molecule has 1 aromatic rings. The van der Waals surface area contributed by atoms with E-state index in [1.807, 2.05) is 0 Å². The van der Waals surface area contributed by atoms with Gasteiger partial charge in [-0.2, -0.15) is 13.2 Å². The van der Waals surface area contributed by atoms with Gasteiger partial charge >= 0.3 is 6.18 Å². The molecule has 0 radical (unpaired) electrons. The Bertz CT molecular complexity index is 335. The molecule has 84 valence electrons. The summed E-state index contributed by atoms with van der Waals surface area (Å²) in [7, 11) is 1.50. The van der Waals surface area contributed by atoms with Gasteiger partial charge < -0.3 is 5.73 Å². The van der Waals surface area contributed by atoms with Crippen LogP contribution in [0.4, 0.5) is 17.6 Å². The number of carbonyl (C=O) groups excluding carboxylic acids is 1. The van der Waals surface area contributed by atoms with Gasteiger partial charge in [-0.3, -0.25) is 4.79 Å². The van der Waals surface area contributed by atoms with E-state index in [4.69, 9.17) is 0 Å². The summed E-state index contributed by atoms with van der Waals surface area (Å²) in [5, 5.41) is 0. The van der Waals surface area contributed by atoms with Crippen LogP contribution < -0.4 is 5.73 Å². The molecular weight excluding hydrogens is 214 g/mol. The lowest BCUT2D eigenvalue weighted by atomic mass is 10.1. The van der Waals surface area contributed by atoms with E-state index in [0.29, 0.717) is 12.1 Å². The molecule has 0 aromatic heterocycles. The van der Waals surface area contributed by atoms with Crippen molar-refractivity contribution in [2.45, 2.75) is 6.18 Å². The van der Waals surface area contributed by atoms with Crippen LogP contribution >= 0.6 is 0 Å². The highest BCUT2D eigenvalue weighted by Gasteiger charge is 2.34. The van der Waals surface area contributed by atoms with E-state index < -0.39 is 17.6 Å². The van der Waals surface area contributed by atoms with Crippen LogP contribution in [0.25, 0.3) is 0 Å². The van der Waals surface area contributed by atoms with Crippen molar-refractivity contribution in [2.24, 2.45) is 5.73 Å². The first-order valence-corrected chi connectivity index (χ1v) is 3.85. The van der Waals surface area contributed by atoms with Crippen molar-refractivity contribution >= 4 is 6.29 Å². The summed E-state index contributed by atoms with van der Waals surface area (Å²) in [6.45, 7) is 0. The second kappa shape index (κ2) is 5.45. The number of rotatable bonds is 1.